The van der Waals surface area contributed by atoms with Gasteiger partial charge in [0.1, 0.15) is 0 Å². The monoisotopic (exact) mass is 344 g/mol. The van der Waals surface area contributed by atoms with Gasteiger partial charge >= 0.3 is 0 Å². The van der Waals surface area contributed by atoms with Crippen LogP contribution in [0.25, 0.3) is 0 Å². The van der Waals surface area contributed by atoms with Gasteiger partial charge in [-0.25, -0.2) is 0 Å². The molecule has 1 aliphatic carbocycles. The first-order chi connectivity index (χ1) is 12.3. The molecule has 25 heavy (non-hydrogen) atoms. The van der Waals surface area contributed by atoms with Crippen molar-refractivity contribution in [3.63, 3.8) is 0 Å². The maximum atomic E-state index is 12.8. The largest absolute Gasteiger partial charge is 0.380 e. The Morgan fingerprint density at radius 3 is 3.08 bits per heavy atom. The fraction of sp³-hybridized carbons (Fsp3) is 0.700. The molecule has 0 bridgehead atoms. The number of pyridine rings is 1. The number of amides is 1. The Morgan fingerprint density at radius 1 is 1.36 bits per heavy atom. The molecule has 0 unspecified atom stereocenters. The van der Waals surface area contributed by atoms with Crippen molar-refractivity contribution in [2.24, 2.45) is 11.3 Å². The molecule has 2 saturated heterocycles. The summed E-state index contributed by atoms with van der Waals surface area (Å²) in [6.45, 7) is 3.98. The van der Waals surface area contributed by atoms with Gasteiger partial charge in [0.15, 0.2) is 0 Å². The third kappa shape index (κ3) is 4.04. The summed E-state index contributed by atoms with van der Waals surface area (Å²) in [5.74, 6) is 0.939. The molecular formula is C20H28N2O3. The molecule has 2 aliphatic heterocycles. The summed E-state index contributed by atoms with van der Waals surface area (Å²) >= 11 is 0. The number of hydrogen-bond donors (Lipinski definition) is 0. The molecule has 1 amide bonds. The van der Waals surface area contributed by atoms with E-state index in [0.29, 0.717) is 6.42 Å². The molecule has 4 rings (SSSR count). The van der Waals surface area contributed by atoms with Crippen LogP contribution < -0.4 is 0 Å². The van der Waals surface area contributed by atoms with Crippen LogP contribution in [0.5, 0.6) is 0 Å². The second-order valence-corrected chi connectivity index (χ2v) is 7.89. The molecule has 5 nitrogen and oxygen atoms in total. The van der Waals surface area contributed by atoms with Gasteiger partial charge in [0.05, 0.1) is 19.1 Å². The van der Waals surface area contributed by atoms with Crippen LogP contribution in [0.3, 0.4) is 0 Å². The first kappa shape index (κ1) is 17.0. The predicted molar refractivity (Wildman–Crippen MR) is 94.1 cm³/mol. The molecule has 0 radical (unpaired) electrons. The zero-order chi connectivity index (χ0) is 17.1. The summed E-state index contributed by atoms with van der Waals surface area (Å²) in [6, 6.07) is 5.73. The number of nitrogens with zero attached hydrogens (tertiary/aromatic N) is 2. The Bertz CT molecular complexity index is 590. The van der Waals surface area contributed by atoms with Gasteiger partial charge in [0.25, 0.3) is 0 Å². The third-order valence-electron chi connectivity index (χ3n) is 5.84. The minimum Gasteiger partial charge on any atom is -0.380 e. The number of likely N-dealkylation sites (tertiary alicyclic amines) is 1. The Balaban J connectivity index is 1.40. The Hall–Kier alpha value is -1.46. The molecule has 1 aromatic rings. The summed E-state index contributed by atoms with van der Waals surface area (Å²) in [5.41, 5.74) is 0.819. The van der Waals surface area contributed by atoms with Crippen LogP contribution in [0.4, 0.5) is 0 Å². The lowest BCUT2D eigenvalue weighted by Crippen LogP contribution is -2.58. The van der Waals surface area contributed by atoms with Crippen LogP contribution in [-0.4, -0.2) is 54.8 Å². The Kier molecular flexibility index (Phi) is 5.04. The smallest absolute Gasteiger partial charge is 0.228 e. The molecule has 1 aromatic heterocycles. The highest BCUT2D eigenvalue weighted by atomic mass is 16.5. The van der Waals surface area contributed by atoms with Crippen molar-refractivity contribution < 1.29 is 14.3 Å². The van der Waals surface area contributed by atoms with Crippen LogP contribution in [0.1, 0.15) is 37.8 Å². The summed E-state index contributed by atoms with van der Waals surface area (Å²) < 4.78 is 12.1. The van der Waals surface area contributed by atoms with E-state index < -0.39 is 0 Å². The van der Waals surface area contributed by atoms with Crippen LogP contribution in [0.2, 0.25) is 0 Å². The van der Waals surface area contributed by atoms with Gasteiger partial charge < -0.3 is 14.4 Å². The van der Waals surface area contributed by atoms with E-state index in [0.717, 1.165) is 63.8 Å². The lowest BCUT2D eigenvalue weighted by molar-refractivity contribution is -0.164. The van der Waals surface area contributed by atoms with Crippen LogP contribution in [-0.2, 0) is 20.7 Å². The van der Waals surface area contributed by atoms with Gasteiger partial charge in [-0.05, 0) is 50.2 Å². The molecule has 2 atom stereocenters. The van der Waals surface area contributed by atoms with E-state index in [-0.39, 0.29) is 17.4 Å². The Labute approximate surface area is 149 Å². The number of rotatable bonds is 6. The first-order valence-electron chi connectivity index (χ1n) is 9.62. The number of hydrogen-bond acceptors (Lipinski definition) is 4. The second-order valence-electron chi connectivity index (χ2n) is 7.89. The summed E-state index contributed by atoms with van der Waals surface area (Å²) in [7, 11) is 0. The van der Waals surface area contributed by atoms with E-state index in [9.17, 15) is 4.79 Å². The van der Waals surface area contributed by atoms with Gasteiger partial charge in [0.2, 0.25) is 5.91 Å². The lowest BCUT2D eigenvalue weighted by atomic mass is 9.73. The first-order valence-corrected chi connectivity index (χ1v) is 9.62. The van der Waals surface area contributed by atoms with Crippen molar-refractivity contribution in [2.75, 3.05) is 32.9 Å². The van der Waals surface area contributed by atoms with E-state index in [1.165, 1.54) is 12.8 Å². The average molecular weight is 344 g/mol. The molecule has 3 aliphatic rings. The number of carbonyl (C=O) groups excluding carboxylic acids is 1. The van der Waals surface area contributed by atoms with E-state index >= 15 is 0 Å². The molecule has 1 saturated carbocycles. The standard InChI is InChI=1S/C20H28N2O3/c23-19(12-17-4-1-2-9-21-17)22-10-7-18-20(14-22,8-3-11-25-18)15-24-13-16-5-6-16/h1-2,4,9,16,18H,3,5-8,10-15H2/t18-,20-/m1/s1. The fourth-order valence-electron chi connectivity index (χ4n) is 4.20. The average Bonchev–Trinajstić information content (AvgIpc) is 3.46. The maximum absolute atomic E-state index is 12.8. The summed E-state index contributed by atoms with van der Waals surface area (Å²) in [6.07, 6.45) is 8.05. The molecule has 0 spiro atoms. The van der Waals surface area contributed by atoms with Crippen molar-refractivity contribution in [2.45, 2.75) is 44.6 Å². The zero-order valence-corrected chi connectivity index (χ0v) is 14.9. The van der Waals surface area contributed by atoms with Crippen molar-refractivity contribution in [1.29, 1.82) is 0 Å². The quantitative estimate of drug-likeness (QED) is 0.795. The maximum Gasteiger partial charge on any atom is 0.228 e. The number of fused-ring (bicyclic) bond motifs is 1. The van der Waals surface area contributed by atoms with Gasteiger partial charge in [-0.2, -0.15) is 0 Å². The summed E-state index contributed by atoms with van der Waals surface area (Å²) in [4.78, 5) is 19.1. The van der Waals surface area contributed by atoms with E-state index in [1.54, 1.807) is 6.20 Å². The van der Waals surface area contributed by atoms with Gasteiger partial charge in [0, 0.05) is 43.6 Å². The predicted octanol–water partition coefficient (Wildman–Crippen LogP) is 2.45. The number of piperidine rings is 1. The van der Waals surface area contributed by atoms with E-state index in [2.05, 4.69) is 4.98 Å². The second kappa shape index (κ2) is 7.42. The van der Waals surface area contributed by atoms with Crippen LogP contribution >= 0.6 is 0 Å². The van der Waals surface area contributed by atoms with Crippen molar-refractivity contribution >= 4 is 5.91 Å². The molecule has 0 aromatic carbocycles. The highest BCUT2D eigenvalue weighted by Crippen LogP contribution is 2.41. The van der Waals surface area contributed by atoms with E-state index in [1.807, 2.05) is 23.1 Å². The van der Waals surface area contributed by atoms with Crippen LogP contribution in [0, 0.1) is 11.3 Å². The summed E-state index contributed by atoms with van der Waals surface area (Å²) in [5, 5.41) is 0. The van der Waals surface area contributed by atoms with Crippen molar-refractivity contribution in [3.8, 4) is 0 Å². The highest BCUT2D eigenvalue weighted by molar-refractivity contribution is 5.78. The van der Waals surface area contributed by atoms with Crippen LogP contribution in [0.15, 0.2) is 24.4 Å². The third-order valence-corrected chi connectivity index (χ3v) is 5.84. The lowest BCUT2D eigenvalue weighted by Gasteiger charge is -2.50. The molecular weight excluding hydrogens is 316 g/mol. The molecule has 3 heterocycles. The molecule has 3 fully saturated rings. The normalized spacial score (nSPS) is 29.3. The Morgan fingerprint density at radius 2 is 2.28 bits per heavy atom. The van der Waals surface area contributed by atoms with Gasteiger partial charge in [-0.1, -0.05) is 6.07 Å². The minimum absolute atomic E-state index is 0.0227. The molecule has 136 valence electrons. The minimum atomic E-state index is -0.0227. The van der Waals surface area contributed by atoms with Gasteiger partial charge in [-0.15, -0.1) is 0 Å². The number of carbonyl (C=O) groups is 1. The zero-order valence-electron chi connectivity index (χ0n) is 14.9. The van der Waals surface area contributed by atoms with E-state index in [4.69, 9.17) is 9.47 Å². The number of ether oxygens (including phenoxy) is 2. The van der Waals surface area contributed by atoms with Gasteiger partial charge in [-0.3, -0.25) is 9.78 Å². The SMILES string of the molecule is O=C(Cc1ccccn1)N1CC[C@H]2OCCC[C@]2(COCC2CC2)C1. The fourth-order valence-corrected chi connectivity index (χ4v) is 4.20. The topological polar surface area (TPSA) is 51.7 Å². The molecule has 5 heteroatoms. The highest BCUT2D eigenvalue weighted by Gasteiger charge is 2.47. The van der Waals surface area contributed by atoms with Crippen molar-refractivity contribution in [3.05, 3.63) is 30.1 Å². The van der Waals surface area contributed by atoms with Crippen molar-refractivity contribution in [1.82, 2.24) is 9.88 Å². The molecule has 0 N–H and O–H groups in total. The number of aromatic nitrogens is 1.